The Morgan fingerprint density at radius 2 is 1.79 bits per heavy atom. The van der Waals surface area contributed by atoms with Crippen molar-refractivity contribution in [1.82, 2.24) is 24.4 Å². The molecule has 1 aliphatic rings. The number of methoxy groups -OCH3 is 1. The van der Waals surface area contributed by atoms with Crippen LogP contribution in [0.2, 0.25) is 0 Å². The van der Waals surface area contributed by atoms with Crippen LogP contribution in [0.4, 0.5) is 23.2 Å². The SMILES string of the molecule is COc1ccc(OC(=O)C(Cc2ccc(-n3c(=O)c4ccncc4n(C)c3=O)c3ncccc23)NC(=O)c2c(C)cc(N3CCOC[C@@H]3C(F)(F)F)cc2F)cc1C(C)(C)C. The molecule has 0 saturated carbocycles. The maximum Gasteiger partial charge on any atom is 0.411 e. The number of hydrogen-bond acceptors (Lipinski definition) is 10. The zero-order valence-electron chi connectivity index (χ0n) is 34.1. The van der Waals surface area contributed by atoms with Crippen molar-refractivity contribution in [3.8, 4) is 17.2 Å². The molecule has 318 valence electrons. The van der Waals surface area contributed by atoms with Crippen molar-refractivity contribution >= 4 is 39.4 Å². The first-order chi connectivity index (χ1) is 28.9. The largest absolute Gasteiger partial charge is 0.496 e. The second-order valence-electron chi connectivity index (χ2n) is 15.7. The first kappa shape index (κ1) is 42.5. The van der Waals surface area contributed by atoms with E-state index in [1.54, 1.807) is 30.3 Å². The molecule has 0 aliphatic carbocycles. The maximum absolute atomic E-state index is 16.0. The van der Waals surface area contributed by atoms with Crippen molar-refractivity contribution in [2.24, 2.45) is 7.05 Å². The number of morpholine rings is 1. The molecular weight excluding hydrogens is 801 g/mol. The third-order valence-electron chi connectivity index (χ3n) is 10.7. The van der Waals surface area contributed by atoms with Crippen LogP contribution in [0, 0.1) is 12.7 Å². The molecule has 1 aliphatic heterocycles. The van der Waals surface area contributed by atoms with Gasteiger partial charge >= 0.3 is 17.8 Å². The van der Waals surface area contributed by atoms with Gasteiger partial charge in [-0.05, 0) is 72.0 Å². The minimum absolute atomic E-state index is 0.0106. The molecule has 17 heteroatoms. The number of rotatable bonds is 9. The predicted octanol–water partition coefficient (Wildman–Crippen LogP) is 6.10. The first-order valence-corrected chi connectivity index (χ1v) is 19.2. The van der Waals surface area contributed by atoms with E-state index in [2.05, 4.69) is 15.3 Å². The molecule has 7 rings (SSSR count). The summed E-state index contributed by atoms with van der Waals surface area (Å²) in [5.41, 5.74) is -0.346. The van der Waals surface area contributed by atoms with E-state index in [9.17, 15) is 32.3 Å². The quantitative estimate of drug-likeness (QED) is 0.103. The van der Waals surface area contributed by atoms with Gasteiger partial charge in [-0.1, -0.05) is 32.9 Å². The van der Waals surface area contributed by atoms with Crippen molar-refractivity contribution in [3.63, 3.8) is 0 Å². The Labute approximate surface area is 346 Å². The number of carbonyl (C=O) groups excluding carboxylic acids is 2. The van der Waals surface area contributed by atoms with E-state index in [1.807, 2.05) is 20.8 Å². The van der Waals surface area contributed by atoms with Crippen LogP contribution < -0.4 is 30.9 Å². The van der Waals surface area contributed by atoms with Gasteiger partial charge in [-0.2, -0.15) is 13.2 Å². The second-order valence-corrected chi connectivity index (χ2v) is 15.7. The molecule has 1 saturated heterocycles. The average molecular weight is 843 g/mol. The summed E-state index contributed by atoms with van der Waals surface area (Å²) >= 11 is 0. The Hall–Kier alpha value is -6.62. The zero-order valence-corrected chi connectivity index (χ0v) is 34.1. The number of anilines is 1. The number of alkyl halides is 3. The third kappa shape index (κ3) is 8.29. The predicted molar refractivity (Wildman–Crippen MR) is 219 cm³/mol. The minimum atomic E-state index is -4.66. The molecular formula is C44H42F4N6O7. The smallest absolute Gasteiger partial charge is 0.411 e. The summed E-state index contributed by atoms with van der Waals surface area (Å²) in [6, 6.07) is 11.3. The Morgan fingerprint density at radius 1 is 1.02 bits per heavy atom. The van der Waals surface area contributed by atoms with Crippen LogP contribution in [-0.2, 0) is 28.4 Å². The first-order valence-electron chi connectivity index (χ1n) is 19.2. The Kier molecular flexibility index (Phi) is 11.5. The highest BCUT2D eigenvalue weighted by atomic mass is 19.4. The molecule has 3 aromatic heterocycles. The molecule has 6 aromatic rings. The summed E-state index contributed by atoms with van der Waals surface area (Å²) in [4.78, 5) is 65.2. The normalized spacial score (nSPS) is 15.2. The van der Waals surface area contributed by atoms with E-state index < -0.39 is 64.8 Å². The van der Waals surface area contributed by atoms with Gasteiger partial charge < -0.3 is 24.4 Å². The van der Waals surface area contributed by atoms with Crippen molar-refractivity contribution in [3.05, 3.63) is 128 Å². The topological polar surface area (TPSA) is 147 Å². The van der Waals surface area contributed by atoms with Gasteiger partial charge in [0, 0.05) is 49.0 Å². The Bertz CT molecular complexity index is 2790. The fraction of sp³-hybridized carbons (Fsp3) is 0.318. The van der Waals surface area contributed by atoms with E-state index in [-0.39, 0.29) is 53.2 Å². The lowest BCUT2D eigenvalue weighted by atomic mass is 9.86. The van der Waals surface area contributed by atoms with Gasteiger partial charge in [0.25, 0.3) is 11.5 Å². The van der Waals surface area contributed by atoms with Gasteiger partial charge in [0.1, 0.15) is 29.4 Å². The molecule has 1 amide bonds. The highest BCUT2D eigenvalue weighted by Gasteiger charge is 2.46. The Balaban J connectivity index is 1.28. The number of nitrogens with one attached hydrogen (secondary N) is 1. The number of amides is 1. The van der Waals surface area contributed by atoms with Gasteiger partial charge in [-0.15, -0.1) is 0 Å². The molecule has 1 N–H and O–H groups in total. The van der Waals surface area contributed by atoms with Crippen LogP contribution >= 0.6 is 0 Å². The number of aromatic nitrogens is 4. The molecule has 2 atom stereocenters. The number of benzene rings is 3. The van der Waals surface area contributed by atoms with E-state index in [4.69, 9.17) is 14.2 Å². The van der Waals surface area contributed by atoms with Gasteiger partial charge in [-0.3, -0.25) is 24.1 Å². The number of aryl methyl sites for hydroxylation is 2. The Morgan fingerprint density at radius 3 is 2.49 bits per heavy atom. The van der Waals surface area contributed by atoms with Crippen molar-refractivity contribution < 1.29 is 41.4 Å². The summed E-state index contributed by atoms with van der Waals surface area (Å²) < 4.78 is 76.5. The summed E-state index contributed by atoms with van der Waals surface area (Å²) in [6.45, 7) is 6.43. The van der Waals surface area contributed by atoms with Crippen LogP contribution in [0.15, 0.2) is 88.8 Å². The number of pyridine rings is 2. The van der Waals surface area contributed by atoms with Gasteiger partial charge in [0.15, 0.2) is 0 Å². The number of nitrogens with zero attached hydrogens (tertiary/aromatic N) is 5. The standard InChI is InChI=1S/C44H42F4N6O7/c1-24-18-26(53-16-17-60-23-36(53)44(46,47)48)20-31(45)37(24)39(55)51-32(41(57)61-27-10-12-35(59-6)30(21-27)43(2,3)4)19-25-9-11-33(38-28(25)8-7-14-50-38)54-40(56)29-13-15-49-22-34(29)52(5)42(54)58/h7-15,18,20-22,32,36H,16-17,19,23H2,1-6H3,(H,51,55)/t32?,36-/m1/s1. The molecule has 4 heterocycles. The molecule has 1 fully saturated rings. The summed E-state index contributed by atoms with van der Waals surface area (Å²) in [5, 5.41) is 3.28. The van der Waals surface area contributed by atoms with Crippen LogP contribution in [0.1, 0.15) is 47.8 Å². The van der Waals surface area contributed by atoms with Gasteiger partial charge in [0.05, 0.1) is 54.2 Å². The second kappa shape index (κ2) is 16.4. The highest BCUT2D eigenvalue weighted by molar-refractivity contribution is 5.99. The summed E-state index contributed by atoms with van der Waals surface area (Å²) in [6.07, 6.45) is -0.576. The third-order valence-corrected chi connectivity index (χ3v) is 10.7. The molecule has 61 heavy (non-hydrogen) atoms. The fourth-order valence-electron chi connectivity index (χ4n) is 7.61. The molecule has 0 radical (unpaired) electrons. The van der Waals surface area contributed by atoms with Crippen LogP contribution in [0.3, 0.4) is 0 Å². The van der Waals surface area contributed by atoms with E-state index >= 15 is 4.39 Å². The molecule has 13 nitrogen and oxygen atoms in total. The lowest BCUT2D eigenvalue weighted by molar-refractivity contribution is -0.167. The molecule has 1 unspecified atom stereocenters. The number of carbonyl (C=O) groups is 2. The monoisotopic (exact) mass is 842 g/mol. The fourth-order valence-corrected chi connectivity index (χ4v) is 7.61. The van der Waals surface area contributed by atoms with Crippen molar-refractivity contribution in [2.45, 2.75) is 57.8 Å². The number of ether oxygens (including phenoxy) is 3. The average Bonchev–Trinajstić information content (AvgIpc) is 3.22. The highest BCUT2D eigenvalue weighted by Crippen LogP contribution is 2.35. The molecule has 0 spiro atoms. The maximum atomic E-state index is 16.0. The molecule has 3 aromatic carbocycles. The van der Waals surface area contributed by atoms with Gasteiger partial charge in [0.2, 0.25) is 0 Å². The van der Waals surface area contributed by atoms with Crippen molar-refractivity contribution in [1.29, 1.82) is 0 Å². The number of fused-ring (bicyclic) bond motifs is 2. The lowest BCUT2D eigenvalue weighted by Gasteiger charge is -2.38. The summed E-state index contributed by atoms with van der Waals surface area (Å²) in [5.74, 6) is -2.36. The van der Waals surface area contributed by atoms with Crippen LogP contribution in [-0.4, -0.2) is 76.1 Å². The van der Waals surface area contributed by atoms with E-state index in [1.165, 1.54) is 68.5 Å². The van der Waals surface area contributed by atoms with E-state index in [0.29, 0.717) is 22.2 Å². The van der Waals surface area contributed by atoms with Crippen molar-refractivity contribution in [2.75, 3.05) is 31.8 Å². The minimum Gasteiger partial charge on any atom is -0.496 e. The van der Waals surface area contributed by atoms with Gasteiger partial charge in [-0.25, -0.2) is 18.5 Å². The van der Waals surface area contributed by atoms with E-state index in [0.717, 1.165) is 21.1 Å². The zero-order chi connectivity index (χ0) is 44.0. The molecule has 0 bridgehead atoms. The number of esters is 1. The number of hydrogen-bond donors (Lipinski definition) is 1. The summed E-state index contributed by atoms with van der Waals surface area (Å²) in [7, 11) is 3.03. The lowest BCUT2D eigenvalue weighted by Crippen LogP contribution is -2.53. The van der Waals surface area contributed by atoms with Crippen LogP contribution in [0.25, 0.3) is 27.5 Å². The number of halogens is 4. The van der Waals surface area contributed by atoms with Crippen LogP contribution in [0.5, 0.6) is 11.5 Å².